The number of hydrogen-bond acceptors (Lipinski definition) is 3. The van der Waals surface area contributed by atoms with Crippen LogP contribution >= 0.6 is 0 Å². The third-order valence-corrected chi connectivity index (χ3v) is 4.35. The van der Waals surface area contributed by atoms with E-state index in [1.54, 1.807) is 0 Å². The van der Waals surface area contributed by atoms with Gasteiger partial charge in [0.15, 0.2) is 0 Å². The van der Waals surface area contributed by atoms with Gasteiger partial charge in [0.05, 0.1) is 6.10 Å². The Bertz CT molecular complexity index is 407. The van der Waals surface area contributed by atoms with E-state index in [-0.39, 0.29) is 18.0 Å². The fourth-order valence-electron chi connectivity index (χ4n) is 2.94. The Kier molecular flexibility index (Phi) is 5.52. The summed E-state index contributed by atoms with van der Waals surface area (Å²) in [4.78, 5) is 2.41. The molecule has 3 nitrogen and oxygen atoms in total. The molecule has 4 heteroatoms. The summed E-state index contributed by atoms with van der Waals surface area (Å²) in [5, 5.41) is 12.9. The maximum Gasteiger partial charge on any atom is 0.123 e. The fraction of sp³-hybridized carbons (Fsp3) is 0.625. The monoisotopic (exact) mass is 280 g/mol. The first kappa shape index (κ1) is 15.4. The molecule has 112 valence electrons. The SMILES string of the molecule is CNC(CCN1CCC(C(C)O)C1)c1ccc(F)cc1. The Hall–Kier alpha value is -0.970. The quantitative estimate of drug-likeness (QED) is 0.838. The van der Waals surface area contributed by atoms with Crippen molar-refractivity contribution in [2.45, 2.75) is 31.9 Å². The van der Waals surface area contributed by atoms with E-state index in [0.29, 0.717) is 5.92 Å². The highest BCUT2D eigenvalue weighted by Gasteiger charge is 2.26. The minimum absolute atomic E-state index is 0.192. The van der Waals surface area contributed by atoms with Crippen LogP contribution in [0.1, 0.15) is 31.4 Å². The van der Waals surface area contributed by atoms with Crippen LogP contribution in [0.3, 0.4) is 0 Å². The molecule has 0 aromatic heterocycles. The molecular weight excluding hydrogens is 255 g/mol. The molecule has 0 saturated carbocycles. The highest BCUT2D eigenvalue weighted by molar-refractivity contribution is 5.19. The molecule has 1 heterocycles. The molecule has 1 aliphatic heterocycles. The summed E-state index contributed by atoms with van der Waals surface area (Å²) in [5.41, 5.74) is 1.13. The zero-order valence-corrected chi connectivity index (χ0v) is 12.3. The molecule has 1 saturated heterocycles. The summed E-state index contributed by atoms with van der Waals surface area (Å²) >= 11 is 0. The van der Waals surface area contributed by atoms with Crippen LogP contribution in [0.2, 0.25) is 0 Å². The lowest BCUT2D eigenvalue weighted by Gasteiger charge is -2.22. The van der Waals surface area contributed by atoms with Crippen molar-refractivity contribution >= 4 is 0 Å². The third-order valence-electron chi connectivity index (χ3n) is 4.35. The van der Waals surface area contributed by atoms with Gasteiger partial charge in [0.2, 0.25) is 0 Å². The molecular formula is C16H25FN2O. The first-order valence-corrected chi connectivity index (χ1v) is 7.43. The Labute approximate surface area is 120 Å². The van der Waals surface area contributed by atoms with Crippen molar-refractivity contribution in [3.63, 3.8) is 0 Å². The molecule has 0 spiro atoms. The number of nitrogens with one attached hydrogen (secondary N) is 1. The first-order valence-electron chi connectivity index (χ1n) is 7.43. The number of likely N-dealkylation sites (tertiary alicyclic amines) is 1. The number of nitrogens with zero attached hydrogens (tertiary/aromatic N) is 1. The smallest absolute Gasteiger partial charge is 0.123 e. The topological polar surface area (TPSA) is 35.5 Å². The third kappa shape index (κ3) is 4.01. The second-order valence-electron chi connectivity index (χ2n) is 5.77. The zero-order valence-electron chi connectivity index (χ0n) is 12.3. The highest BCUT2D eigenvalue weighted by atomic mass is 19.1. The Morgan fingerprint density at radius 2 is 2.10 bits per heavy atom. The van der Waals surface area contributed by atoms with E-state index in [9.17, 15) is 9.50 Å². The van der Waals surface area contributed by atoms with Gasteiger partial charge in [0, 0.05) is 12.6 Å². The normalized spacial score (nSPS) is 22.9. The van der Waals surface area contributed by atoms with Crippen LogP contribution in [0.25, 0.3) is 0 Å². The summed E-state index contributed by atoms with van der Waals surface area (Å²) in [6.45, 7) is 4.93. The molecule has 2 N–H and O–H groups in total. The molecule has 1 aromatic rings. The lowest BCUT2D eigenvalue weighted by Crippen LogP contribution is -2.28. The van der Waals surface area contributed by atoms with Gasteiger partial charge in [-0.05, 0) is 63.5 Å². The zero-order chi connectivity index (χ0) is 14.5. The number of rotatable bonds is 6. The molecule has 1 aromatic carbocycles. The Morgan fingerprint density at radius 3 is 2.65 bits per heavy atom. The molecule has 3 atom stereocenters. The lowest BCUT2D eigenvalue weighted by molar-refractivity contribution is 0.127. The van der Waals surface area contributed by atoms with E-state index < -0.39 is 0 Å². The van der Waals surface area contributed by atoms with Gasteiger partial charge in [-0.3, -0.25) is 0 Å². The number of aliphatic hydroxyl groups is 1. The van der Waals surface area contributed by atoms with Crippen molar-refractivity contribution in [1.29, 1.82) is 0 Å². The molecule has 1 aliphatic rings. The van der Waals surface area contributed by atoms with Gasteiger partial charge in [0.1, 0.15) is 5.82 Å². The summed E-state index contributed by atoms with van der Waals surface area (Å²) in [6, 6.07) is 6.97. The van der Waals surface area contributed by atoms with E-state index in [4.69, 9.17) is 0 Å². The van der Waals surface area contributed by atoms with Crippen molar-refractivity contribution in [2.24, 2.45) is 5.92 Å². The van der Waals surface area contributed by atoms with Crippen molar-refractivity contribution < 1.29 is 9.50 Å². The minimum atomic E-state index is -0.211. The largest absolute Gasteiger partial charge is 0.393 e. The lowest BCUT2D eigenvalue weighted by atomic mass is 10.0. The second kappa shape index (κ2) is 7.16. The average molecular weight is 280 g/mol. The van der Waals surface area contributed by atoms with Crippen LogP contribution < -0.4 is 5.32 Å². The molecule has 1 fully saturated rings. The fourth-order valence-corrected chi connectivity index (χ4v) is 2.94. The van der Waals surface area contributed by atoms with Crippen LogP contribution in [-0.4, -0.2) is 42.8 Å². The second-order valence-corrected chi connectivity index (χ2v) is 5.77. The Morgan fingerprint density at radius 1 is 1.40 bits per heavy atom. The predicted octanol–water partition coefficient (Wildman–Crippen LogP) is 2.18. The van der Waals surface area contributed by atoms with Crippen LogP contribution in [0.4, 0.5) is 4.39 Å². The number of benzene rings is 1. The van der Waals surface area contributed by atoms with Gasteiger partial charge in [0.25, 0.3) is 0 Å². The molecule has 0 amide bonds. The molecule has 3 unspecified atom stereocenters. The van der Waals surface area contributed by atoms with E-state index in [0.717, 1.165) is 38.0 Å². The van der Waals surface area contributed by atoms with Gasteiger partial charge in [-0.1, -0.05) is 12.1 Å². The molecule has 0 bridgehead atoms. The Balaban J connectivity index is 1.84. The summed E-state index contributed by atoms with van der Waals surface area (Å²) in [7, 11) is 1.94. The van der Waals surface area contributed by atoms with Crippen molar-refractivity contribution in [3.05, 3.63) is 35.6 Å². The number of hydrogen-bond donors (Lipinski definition) is 2. The van der Waals surface area contributed by atoms with Crippen molar-refractivity contribution in [3.8, 4) is 0 Å². The van der Waals surface area contributed by atoms with Crippen LogP contribution in [0.5, 0.6) is 0 Å². The van der Waals surface area contributed by atoms with E-state index in [1.807, 2.05) is 26.1 Å². The maximum absolute atomic E-state index is 13.0. The predicted molar refractivity (Wildman–Crippen MR) is 79.0 cm³/mol. The first-order chi connectivity index (χ1) is 9.60. The summed E-state index contributed by atoms with van der Waals surface area (Å²) < 4.78 is 13.0. The van der Waals surface area contributed by atoms with E-state index in [1.165, 1.54) is 12.1 Å². The van der Waals surface area contributed by atoms with Crippen LogP contribution in [-0.2, 0) is 0 Å². The van der Waals surface area contributed by atoms with Crippen LogP contribution in [0, 0.1) is 11.7 Å². The molecule has 0 aliphatic carbocycles. The van der Waals surface area contributed by atoms with E-state index in [2.05, 4.69) is 10.2 Å². The highest BCUT2D eigenvalue weighted by Crippen LogP contribution is 2.22. The standard InChI is InChI=1S/C16H25FN2O/c1-12(20)14-7-9-19(11-14)10-8-16(18-2)13-3-5-15(17)6-4-13/h3-6,12,14,16,18,20H,7-11H2,1-2H3. The molecule has 0 radical (unpaired) electrons. The van der Waals surface area contributed by atoms with Gasteiger partial charge in [-0.25, -0.2) is 4.39 Å². The van der Waals surface area contributed by atoms with Gasteiger partial charge < -0.3 is 15.3 Å². The van der Waals surface area contributed by atoms with Crippen molar-refractivity contribution in [2.75, 3.05) is 26.7 Å². The molecule has 2 rings (SSSR count). The summed E-state index contributed by atoms with van der Waals surface area (Å²) in [5.74, 6) is 0.219. The maximum atomic E-state index is 13.0. The van der Waals surface area contributed by atoms with E-state index >= 15 is 0 Å². The minimum Gasteiger partial charge on any atom is -0.393 e. The van der Waals surface area contributed by atoms with Crippen molar-refractivity contribution in [1.82, 2.24) is 10.2 Å². The van der Waals surface area contributed by atoms with Gasteiger partial charge >= 0.3 is 0 Å². The molecule has 20 heavy (non-hydrogen) atoms. The number of halogens is 1. The van der Waals surface area contributed by atoms with Gasteiger partial charge in [-0.2, -0.15) is 0 Å². The number of aliphatic hydroxyl groups excluding tert-OH is 1. The summed E-state index contributed by atoms with van der Waals surface area (Å²) in [6.07, 6.45) is 1.87. The van der Waals surface area contributed by atoms with Crippen LogP contribution in [0.15, 0.2) is 24.3 Å². The van der Waals surface area contributed by atoms with Gasteiger partial charge in [-0.15, -0.1) is 0 Å². The average Bonchev–Trinajstić information content (AvgIpc) is 2.90.